The minimum absolute atomic E-state index is 0. The molecule has 0 heterocycles. The predicted molar refractivity (Wildman–Crippen MR) is 112 cm³/mol. The molecule has 0 unspecified atom stereocenters. The fourth-order valence-corrected chi connectivity index (χ4v) is 3.80. The molecule has 0 atom stereocenters. The molecule has 0 aliphatic rings. The molecule has 2 heteroatoms. The highest BCUT2D eigenvalue weighted by Crippen LogP contribution is 2.17. The predicted octanol–water partition coefficient (Wildman–Crippen LogP) is 4.51. The van der Waals surface area contributed by atoms with Crippen LogP contribution in [0.15, 0.2) is 12.7 Å². The van der Waals surface area contributed by atoms with E-state index in [0.717, 1.165) is 0 Å². The van der Waals surface area contributed by atoms with Crippen molar-refractivity contribution in [2.75, 3.05) is 26.2 Å². The van der Waals surface area contributed by atoms with Crippen molar-refractivity contribution < 1.29 is 16.9 Å². The summed E-state index contributed by atoms with van der Waals surface area (Å²) >= 11 is 0. The van der Waals surface area contributed by atoms with Gasteiger partial charge in [-0.05, 0) is 31.8 Å². The van der Waals surface area contributed by atoms with Gasteiger partial charge in [0.25, 0.3) is 0 Å². The molecule has 0 aromatic rings. The smallest absolute Gasteiger partial charge is 0.0971 e. The van der Waals surface area contributed by atoms with Crippen LogP contribution in [-0.4, -0.2) is 30.7 Å². The van der Waals surface area contributed by atoms with E-state index in [4.69, 9.17) is 0 Å². The first-order valence-corrected chi connectivity index (χ1v) is 11.2. The summed E-state index contributed by atoms with van der Waals surface area (Å²) < 4.78 is 1.31. The van der Waals surface area contributed by atoms with E-state index < -0.39 is 0 Å². The fraction of sp³-hybridized carbons (Fsp3) is 0.913. The average Bonchev–Trinajstić information content (AvgIpc) is 2.60. The molecule has 0 fully saturated rings. The number of unbranched alkanes of at least 4 members (excludes halogenated alkanes) is 11. The Morgan fingerprint density at radius 2 is 0.920 bits per heavy atom. The number of halogens is 1. The molecule has 0 aromatic carbocycles. The molecule has 0 aliphatic heterocycles. The first-order valence-electron chi connectivity index (χ1n) is 11.2. The molecule has 0 spiro atoms. The summed E-state index contributed by atoms with van der Waals surface area (Å²) in [5.41, 5.74) is 0. The highest BCUT2D eigenvalue weighted by atomic mass is 35.5. The molecule has 0 radical (unpaired) electrons. The molecule has 0 N–H and O–H groups in total. The molecule has 0 aromatic heterocycles. The molecule has 0 saturated carbocycles. The van der Waals surface area contributed by atoms with Gasteiger partial charge in [0.2, 0.25) is 0 Å². The molecule has 25 heavy (non-hydrogen) atoms. The Morgan fingerprint density at radius 3 is 1.32 bits per heavy atom. The topological polar surface area (TPSA) is 0 Å². The van der Waals surface area contributed by atoms with Gasteiger partial charge < -0.3 is 16.9 Å². The van der Waals surface area contributed by atoms with Crippen LogP contribution in [0.3, 0.4) is 0 Å². The zero-order chi connectivity index (χ0) is 17.9. The summed E-state index contributed by atoms with van der Waals surface area (Å²) in [6, 6.07) is 0. The maximum atomic E-state index is 4.05. The van der Waals surface area contributed by atoms with Crippen LogP contribution >= 0.6 is 0 Å². The Balaban J connectivity index is 0. The minimum Gasteiger partial charge on any atom is -1.00 e. The maximum absolute atomic E-state index is 4.05. The standard InChI is InChI=1S/C23H48N.ClH/c1-5-9-12-13-14-15-16-17-18-19-23-24(20-8-4,21-10-6-2)22-11-7-3;/h8H,4-7,9-23H2,1-3H3;1H/q+1;/p-1. The van der Waals surface area contributed by atoms with Crippen LogP contribution in [0, 0.1) is 0 Å². The molecule has 152 valence electrons. The largest absolute Gasteiger partial charge is 1.00 e. The van der Waals surface area contributed by atoms with Crippen LogP contribution in [-0.2, 0) is 0 Å². The van der Waals surface area contributed by atoms with Crippen LogP contribution < -0.4 is 12.4 Å². The zero-order valence-electron chi connectivity index (χ0n) is 17.8. The summed E-state index contributed by atoms with van der Waals surface area (Å²) in [6.45, 7) is 16.3. The van der Waals surface area contributed by atoms with E-state index in [1.807, 2.05) is 0 Å². The van der Waals surface area contributed by atoms with Gasteiger partial charge in [-0.25, -0.2) is 0 Å². The van der Waals surface area contributed by atoms with E-state index in [9.17, 15) is 0 Å². The Kier molecular flexibility index (Phi) is 22.1. The second kappa shape index (κ2) is 20.3. The summed E-state index contributed by atoms with van der Waals surface area (Å²) in [4.78, 5) is 0. The van der Waals surface area contributed by atoms with E-state index >= 15 is 0 Å². The number of hydrogen-bond donors (Lipinski definition) is 0. The van der Waals surface area contributed by atoms with Crippen LogP contribution in [0.4, 0.5) is 0 Å². The molecule has 0 saturated heterocycles. The van der Waals surface area contributed by atoms with Gasteiger partial charge in [-0.1, -0.05) is 91.6 Å². The van der Waals surface area contributed by atoms with Crippen LogP contribution in [0.1, 0.15) is 111 Å². The third kappa shape index (κ3) is 15.9. The number of hydrogen-bond acceptors (Lipinski definition) is 0. The molecule has 0 rings (SSSR count). The molecule has 0 amide bonds. The highest BCUT2D eigenvalue weighted by Gasteiger charge is 2.24. The van der Waals surface area contributed by atoms with E-state index in [1.165, 1.54) is 121 Å². The van der Waals surface area contributed by atoms with Crippen LogP contribution in [0.25, 0.3) is 0 Å². The van der Waals surface area contributed by atoms with Crippen molar-refractivity contribution >= 4 is 0 Å². The Labute approximate surface area is 166 Å². The summed E-state index contributed by atoms with van der Waals surface area (Å²) in [5.74, 6) is 0. The molecular weight excluding hydrogens is 326 g/mol. The molecule has 0 aliphatic carbocycles. The maximum Gasteiger partial charge on any atom is 0.0971 e. The number of quaternary nitrogens is 1. The SMILES string of the molecule is C=CC[N+](CCCC)(CCCC)CCCCCCCCCCCC.[Cl-]. The van der Waals surface area contributed by atoms with Gasteiger partial charge in [0, 0.05) is 0 Å². The quantitative estimate of drug-likeness (QED) is 0.177. The minimum atomic E-state index is 0. The first kappa shape index (κ1) is 27.2. The van der Waals surface area contributed by atoms with Gasteiger partial charge >= 0.3 is 0 Å². The van der Waals surface area contributed by atoms with Crippen molar-refractivity contribution in [2.24, 2.45) is 0 Å². The lowest BCUT2D eigenvalue weighted by molar-refractivity contribution is -0.923. The highest BCUT2D eigenvalue weighted by molar-refractivity contribution is 4.67. The van der Waals surface area contributed by atoms with E-state index in [-0.39, 0.29) is 12.4 Å². The molecule has 0 bridgehead atoms. The van der Waals surface area contributed by atoms with Gasteiger partial charge in [0.05, 0.1) is 26.2 Å². The van der Waals surface area contributed by atoms with Crippen molar-refractivity contribution in [1.82, 2.24) is 0 Å². The van der Waals surface area contributed by atoms with Gasteiger partial charge in [0.1, 0.15) is 0 Å². The average molecular weight is 374 g/mol. The van der Waals surface area contributed by atoms with Gasteiger partial charge in [0.15, 0.2) is 0 Å². The number of nitrogens with zero attached hydrogens (tertiary/aromatic N) is 1. The zero-order valence-corrected chi connectivity index (χ0v) is 18.6. The summed E-state index contributed by atoms with van der Waals surface area (Å²) in [5, 5.41) is 0. The number of rotatable bonds is 19. The Bertz CT molecular complexity index is 257. The summed E-state index contributed by atoms with van der Waals surface area (Å²) in [6.07, 6.45) is 21.9. The Morgan fingerprint density at radius 1 is 0.560 bits per heavy atom. The Hall–Kier alpha value is -0.0100. The monoisotopic (exact) mass is 373 g/mol. The van der Waals surface area contributed by atoms with Crippen molar-refractivity contribution in [2.45, 2.75) is 111 Å². The fourth-order valence-electron chi connectivity index (χ4n) is 3.80. The lowest BCUT2D eigenvalue weighted by Crippen LogP contribution is -3.00. The molecular formula is C23H48ClN. The van der Waals surface area contributed by atoms with Crippen molar-refractivity contribution in [1.29, 1.82) is 0 Å². The van der Waals surface area contributed by atoms with Crippen molar-refractivity contribution in [3.63, 3.8) is 0 Å². The first-order chi connectivity index (χ1) is 11.7. The van der Waals surface area contributed by atoms with E-state index in [2.05, 4.69) is 33.4 Å². The molecule has 1 nitrogen and oxygen atoms in total. The van der Waals surface area contributed by atoms with Gasteiger partial charge in [-0.2, -0.15) is 0 Å². The second-order valence-electron chi connectivity index (χ2n) is 7.87. The van der Waals surface area contributed by atoms with Crippen LogP contribution in [0.5, 0.6) is 0 Å². The van der Waals surface area contributed by atoms with Crippen LogP contribution in [0.2, 0.25) is 0 Å². The van der Waals surface area contributed by atoms with E-state index in [0.29, 0.717) is 0 Å². The van der Waals surface area contributed by atoms with Crippen molar-refractivity contribution in [3.05, 3.63) is 12.7 Å². The lowest BCUT2D eigenvalue weighted by atomic mass is 10.1. The summed E-state index contributed by atoms with van der Waals surface area (Å²) in [7, 11) is 0. The lowest BCUT2D eigenvalue weighted by Gasteiger charge is -2.38. The third-order valence-electron chi connectivity index (χ3n) is 5.47. The van der Waals surface area contributed by atoms with E-state index in [1.54, 1.807) is 0 Å². The normalized spacial score (nSPS) is 11.3. The second-order valence-corrected chi connectivity index (χ2v) is 7.87. The van der Waals surface area contributed by atoms with Gasteiger partial charge in [-0.3, -0.25) is 0 Å². The third-order valence-corrected chi connectivity index (χ3v) is 5.47. The van der Waals surface area contributed by atoms with Crippen molar-refractivity contribution in [3.8, 4) is 0 Å². The van der Waals surface area contributed by atoms with Gasteiger partial charge in [-0.15, -0.1) is 0 Å².